The molecular weight excluding hydrogens is 349 g/mol. The molecule has 0 radical (unpaired) electrons. The van der Waals surface area contributed by atoms with Crippen LogP contribution < -0.4 is 0 Å². The molecule has 0 aliphatic carbocycles. The van der Waals surface area contributed by atoms with Crippen LogP contribution in [-0.2, 0) is 15.5 Å². The number of halogens is 2. The van der Waals surface area contributed by atoms with Crippen molar-refractivity contribution in [2.75, 3.05) is 0 Å². The first-order valence-corrected chi connectivity index (χ1v) is 7.46. The maximum absolute atomic E-state index is 11.4. The molecule has 1 aromatic carbocycles. The molecular formula is C9H7ClINO2S. The fourth-order valence-corrected chi connectivity index (χ4v) is 3.77. The zero-order chi connectivity index (χ0) is 11.6. The third kappa shape index (κ3) is 2.62. The summed E-state index contributed by atoms with van der Waals surface area (Å²) in [5, 5.41) is 8.82. The van der Waals surface area contributed by atoms with Crippen molar-refractivity contribution in [3.8, 4) is 6.07 Å². The summed E-state index contributed by atoms with van der Waals surface area (Å²) in [5.41, 5.74) is 0.701. The van der Waals surface area contributed by atoms with Gasteiger partial charge in [0.25, 0.3) is 9.05 Å². The van der Waals surface area contributed by atoms with E-state index in [9.17, 15) is 8.42 Å². The van der Waals surface area contributed by atoms with Crippen LogP contribution in [0.5, 0.6) is 0 Å². The minimum Gasteiger partial charge on any atom is -0.207 e. The molecule has 0 spiro atoms. The third-order valence-corrected chi connectivity index (χ3v) is 4.35. The maximum Gasteiger partial charge on any atom is 0.262 e. The van der Waals surface area contributed by atoms with Gasteiger partial charge in [-0.3, -0.25) is 0 Å². The number of nitriles is 1. The van der Waals surface area contributed by atoms with E-state index in [1.807, 2.05) is 35.6 Å². The van der Waals surface area contributed by atoms with Gasteiger partial charge in [-0.05, 0) is 46.7 Å². The normalized spacial score (nSPS) is 11.1. The molecule has 0 N–H and O–H groups in total. The Bertz CT molecular complexity index is 534. The van der Waals surface area contributed by atoms with Crippen molar-refractivity contribution < 1.29 is 8.42 Å². The second kappa shape index (κ2) is 4.68. The molecule has 0 fully saturated rings. The third-order valence-electron chi connectivity index (χ3n) is 1.92. The van der Waals surface area contributed by atoms with Gasteiger partial charge >= 0.3 is 0 Å². The SMILES string of the molecule is CCc1c(I)ccc(C#N)c1S(=O)(=O)Cl. The maximum atomic E-state index is 11.4. The smallest absolute Gasteiger partial charge is 0.207 e. The lowest BCUT2D eigenvalue weighted by Gasteiger charge is -2.08. The summed E-state index contributed by atoms with van der Waals surface area (Å²) in [4.78, 5) is -0.0546. The molecule has 15 heavy (non-hydrogen) atoms. The fourth-order valence-electron chi connectivity index (χ4n) is 1.30. The number of benzene rings is 1. The van der Waals surface area contributed by atoms with Gasteiger partial charge < -0.3 is 0 Å². The summed E-state index contributed by atoms with van der Waals surface area (Å²) >= 11 is 2.03. The van der Waals surface area contributed by atoms with Crippen LogP contribution in [0.2, 0.25) is 0 Å². The van der Waals surface area contributed by atoms with Crippen molar-refractivity contribution in [2.45, 2.75) is 18.2 Å². The Kier molecular flexibility index (Phi) is 3.98. The second-order valence-corrected chi connectivity index (χ2v) is 6.47. The second-order valence-electron chi connectivity index (χ2n) is 2.81. The average molecular weight is 356 g/mol. The lowest BCUT2D eigenvalue weighted by Crippen LogP contribution is -2.03. The van der Waals surface area contributed by atoms with Gasteiger partial charge in [0, 0.05) is 14.3 Å². The molecule has 1 rings (SSSR count). The topological polar surface area (TPSA) is 57.9 Å². The van der Waals surface area contributed by atoms with Gasteiger partial charge in [0.2, 0.25) is 0 Å². The molecule has 0 bridgehead atoms. The lowest BCUT2D eigenvalue weighted by molar-refractivity contribution is 0.608. The van der Waals surface area contributed by atoms with Crippen LogP contribution in [-0.4, -0.2) is 8.42 Å². The molecule has 0 aromatic heterocycles. The molecule has 0 saturated heterocycles. The minimum atomic E-state index is -3.87. The molecule has 80 valence electrons. The van der Waals surface area contributed by atoms with Gasteiger partial charge in [-0.2, -0.15) is 5.26 Å². The molecule has 6 heteroatoms. The van der Waals surface area contributed by atoms with Crippen molar-refractivity contribution in [1.29, 1.82) is 5.26 Å². The molecule has 0 amide bonds. The van der Waals surface area contributed by atoms with Crippen LogP contribution in [0.3, 0.4) is 0 Å². The van der Waals surface area contributed by atoms with E-state index in [0.29, 0.717) is 12.0 Å². The number of rotatable bonds is 2. The first-order valence-electron chi connectivity index (χ1n) is 4.08. The average Bonchev–Trinajstić information content (AvgIpc) is 2.15. The Morgan fingerprint density at radius 2 is 2.13 bits per heavy atom. The van der Waals surface area contributed by atoms with Crippen molar-refractivity contribution in [3.63, 3.8) is 0 Å². The molecule has 0 aliphatic heterocycles. The Labute approximate surface area is 107 Å². The molecule has 1 aromatic rings. The highest BCUT2D eigenvalue weighted by Crippen LogP contribution is 2.28. The Morgan fingerprint density at radius 1 is 1.53 bits per heavy atom. The van der Waals surface area contributed by atoms with Gasteiger partial charge in [-0.25, -0.2) is 8.42 Å². The molecule has 0 saturated carbocycles. The largest absolute Gasteiger partial charge is 0.262 e. The van der Waals surface area contributed by atoms with E-state index < -0.39 is 9.05 Å². The van der Waals surface area contributed by atoms with Gasteiger partial charge in [0.05, 0.1) is 5.56 Å². The number of hydrogen-bond donors (Lipinski definition) is 0. The van der Waals surface area contributed by atoms with Crippen molar-refractivity contribution >= 4 is 42.3 Å². The van der Waals surface area contributed by atoms with E-state index in [4.69, 9.17) is 15.9 Å². The van der Waals surface area contributed by atoms with E-state index in [2.05, 4.69) is 0 Å². The summed E-state index contributed by atoms with van der Waals surface area (Å²) in [6.07, 6.45) is 0.523. The monoisotopic (exact) mass is 355 g/mol. The van der Waals surface area contributed by atoms with Crippen LogP contribution >= 0.6 is 33.3 Å². The zero-order valence-corrected chi connectivity index (χ0v) is 11.5. The first-order chi connectivity index (χ1) is 6.91. The summed E-state index contributed by atoms with van der Waals surface area (Å²) in [6, 6.07) is 5.02. The summed E-state index contributed by atoms with van der Waals surface area (Å²) < 4.78 is 23.5. The van der Waals surface area contributed by atoms with E-state index in [0.717, 1.165) is 3.57 Å². The number of hydrogen-bond acceptors (Lipinski definition) is 3. The molecule has 0 heterocycles. The zero-order valence-electron chi connectivity index (χ0n) is 7.79. The van der Waals surface area contributed by atoms with Crippen LogP contribution in [0, 0.1) is 14.9 Å². The predicted octanol–water partition coefficient (Wildman–Crippen LogP) is 2.65. The van der Waals surface area contributed by atoms with Crippen molar-refractivity contribution in [2.24, 2.45) is 0 Å². The molecule has 0 unspecified atom stereocenters. The summed E-state index contributed by atoms with van der Waals surface area (Å²) in [7, 11) is 1.45. The highest BCUT2D eigenvalue weighted by Gasteiger charge is 2.21. The Balaban J connectivity index is 3.73. The first kappa shape index (κ1) is 12.7. The molecule has 0 aliphatic rings. The van der Waals surface area contributed by atoms with Crippen LogP contribution in [0.25, 0.3) is 0 Å². The van der Waals surface area contributed by atoms with Gasteiger partial charge in [-0.15, -0.1) is 0 Å². The number of nitrogens with zero attached hydrogens (tertiary/aromatic N) is 1. The minimum absolute atomic E-state index is 0.0546. The highest BCUT2D eigenvalue weighted by atomic mass is 127. The summed E-state index contributed by atoms with van der Waals surface area (Å²) in [5.74, 6) is 0. The Morgan fingerprint density at radius 3 is 2.53 bits per heavy atom. The van der Waals surface area contributed by atoms with Gasteiger partial charge in [0.15, 0.2) is 0 Å². The Hall–Kier alpha value is -0.320. The van der Waals surface area contributed by atoms with Crippen molar-refractivity contribution in [3.05, 3.63) is 26.8 Å². The van der Waals surface area contributed by atoms with Crippen LogP contribution in [0.4, 0.5) is 0 Å². The van der Waals surface area contributed by atoms with E-state index >= 15 is 0 Å². The fraction of sp³-hybridized carbons (Fsp3) is 0.222. The highest BCUT2D eigenvalue weighted by molar-refractivity contribution is 14.1. The van der Waals surface area contributed by atoms with E-state index in [1.165, 1.54) is 6.07 Å². The molecule has 0 atom stereocenters. The van der Waals surface area contributed by atoms with E-state index in [-0.39, 0.29) is 10.5 Å². The standard InChI is InChI=1S/C9H7ClINO2S/c1-2-7-8(11)4-3-6(5-12)9(7)15(10,13)14/h3-4H,2H2,1H3. The summed E-state index contributed by atoms with van der Waals surface area (Å²) in [6.45, 7) is 1.82. The van der Waals surface area contributed by atoms with Crippen LogP contribution in [0.15, 0.2) is 17.0 Å². The van der Waals surface area contributed by atoms with E-state index in [1.54, 1.807) is 6.07 Å². The molecule has 3 nitrogen and oxygen atoms in total. The van der Waals surface area contributed by atoms with Gasteiger partial charge in [-0.1, -0.05) is 6.92 Å². The van der Waals surface area contributed by atoms with Crippen molar-refractivity contribution in [1.82, 2.24) is 0 Å². The van der Waals surface area contributed by atoms with Gasteiger partial charge in [0.1, 0.15) is 11.0 Å². The van der Waals surface area contributed by atoms with Crippen LogP contribution in [0.1, 0.15) is 18.1 Å². The lowest BCUT2D eigenvalue weighted by atomic mass is 10.1. The predicted molar refractivity (Wildman–Crippen MR) is 66.3 cm³/mol. The quantitative estimate of drug-likeness (QED) is 0.605.